The van der Waals surface area contributed by atoms with E-state index in [-0.39, 0.29) is 18.2 Å². The molecule has 1 amide bonds. The lowest BCUT2D eigenvalue weighted by Crippen LogP contribution is -2.52. The Morgan fingerprint density at radius 3 is 2.57 bits per heavy atom. The van der Waals surface area contributed by atoms with E-state index in [1.165, 1.54) is 4.90 Å². The number of amides is 1. The summed E-state index contributed by atoms with van der Waals surface area (Å²) in [6.45, 7) is 2.42. The van der Waals surface area contributed by atoms with Crippen molar-refractivity contribution in [2.45, 2.75) is 32.2 Å². The molecule has 1 heterocycles. The number of hydrogen-bond acceptors (Lipinski definition) is 3. The lowest BCUT2D eigenvalue weighted by molar-refractivity contribution is -0.154. The Hall–Kier alpha value is -2.04. The van der Waals surface area contributed by atoms with E-state index >= 15 is 0 Å². The van der Waals surface area contributed by atoms with Gasteiger partial charge in [-0.1, -0.05) is 19.1 Å². The summed E-state index contributed by atoms with van der Waals surface area (Å²) >= 11 is 0. The van der Waals surface area contributed by atoms with Crippen molar-refractivity contribution in [1.82, 2.24) is 4.90 Å². The van der Waals surface area contributed by atoms with Gasteiger partial charge in [0.15, 0.2) is 0 Å². The summed E-state index contributed by atoms with van der Waals surface area (Å²) in [4.78, 5) is 25.3. The highest BCUT2D eigenvalue weighted by Gasteiger charge is 2.36. The highest BCUT2D eigenvalue weighted by Crippen LogP contribution is 2.24. The van der Waals surface area contributed by atoms with Crippen molar-refractivity contribution < 1.29 is 19.4 Å². The van der Waals surface area contributed by atoms with Gasteiger partial charge in [0.05, 0.1) is 13.5 Å². The van der Waals surface area contributed by atoms with E-state index in [1.807, 2.05) is 19.1 Å². The first-order valence-electron chi connectivity index (χ1n) is 7.18. The van der Waals surface area contributed by atoms with E-state index in [4.69, 9.17) is 4.74 Å². The minimum absolute atomic E-state index is 0.00364. The molecule has 5 nitrogen and oxygen atoms in total. The number of hydrogen-bond donors (Lipinski definition) is 1. The molecule has 2 unspecified atom stereocenters. The Labute approximate surface area is 124 Å². The van der Waals surface area contributed by atoms with Crippen LogP contribution in [0.3, 0.4) is 0 Å². The molecule has 1 saturated heterocycles. The first-order valence-corrected chi connectivity index (χ1v) is 7.18. The van der Waals surface area contributed by atoms with Gasteiger partial charge in [0.1, 0.15) is 11.8 Å². The summed E-state index contributed by atoms with van der Waals surface area (Å²) in [6.07, 6.45) is 1.93. The predicted octanol–water partition coefficient (Wildman–Crippen LogP) is 1.95. The number of likely N-dealkylation sites (tertiary alicyclic amines) is 1. The lowest BCUT2D eigenvalue weighted by atomic mass is 9.90. The molecule has 114 valence electrons. The van der Waals surface area contributed by atoms with Gasteiger partial charge in [-0.3, -0.25) is 4.79 Å². The highest BCUT2D eigenvalue weighted by atomic mass is 16.5. The molecule has 1 aliphatic rings. The van der Waals surface area contributed by atoms with E-state index in [2.05, 4.69) is 0 Å². The first-order chi connectivity index (χ1) is 10.0. The number of carbonyl (C=O) groups is 2. The molecule has 1 fully saturated rings. The van der Waals surface area contributed by atoms with Crippen LogP contribution in [0.5, 0.6) is 5.75 Å². The number of carbonyl (C=O) groups excluding carboxylic acids is 1. The average molecular weight is 291 g/mol. The van der Waals surface area contributed by atoms with Crippen LogP contribution in [0, 0.1) is 5.92 Å². The number of aliphatic carboxylic acids is 1. The monoisotopic (exact) mass is 291 g/mol. The minimum Gasteiger partial charge on any atom is -0.497 e. The molecule has 0 aromatic heterocycles. The largest absolute Gasteiger partial charge is 0.497 e. The van der Waals surface area contributed by atoms with Gasteiger partial charge in [-0.05, 0) is 36.5 Å². The van der Waals surface area contributed by atoms with Crippen LogP contribution in [0.25, 0.3) is 0 Å². The summed E-state index contributed by atoms with van der Waals surface area (Å²) in [5.74, 6) is -0.304. The van der Waals surface area contributed by atoms with Crippen LogP contribution in [0.1, 0.15) is 25.3 Å². The Balaban J connectivity index is 2.08. The average Bonchev–Trinajstić information content (AvgIpc) is 2.47. The van der Waals surface area contributed by atoms with Crippen molar-refractivity contribution in [1.29, 1.82) is 0 Å². The second-order valence-corrected chi connectivity index (χ2v) is 5.51. The topological polar surface area (TPSA) is 66.8 Å². The van der Waals surface area contributed by atoms with Crippen LogP contribution in [0.4, 0.5) is 0 Å². The highest BCUT2D eigenvalue weighted by molar-refractivity contribution is 5.85. The summed E-state index contributed by atoms with van der Waals surface area (Å²) in [7, 11) is 1.59. The number of methoxy groups -OCH3 is 1. The third-order valence-electron chi connectivity index (χ3n) is 4.02. The Morgan fingerprint density at radius 1 is 1.33 bits per heavy atom. The van der Waals surface area contributed by atoms with E-state index < -0.39 is 12.0 Å². The third kappa shape index (κ3) is 3.54. The second kappa shape index (κ2) is 6.61. The van der Waals surface area contributed by atoms with E-state index in [1.54, 1.807) is 19.2 Å². The van der Waals surface area contributed by atoms with Gasteiger partial charge in [0, 0.05) is 6.54 Å². The van der Waals surface area contributed by atoms with Crippen LogP contribution in [0.15, 0.2) is 24.3 Å². The molecular weight excluding hydrogens is 270 g/mol. The molecule has 5 heteroatoms. The van der Waals surface area contributed by atoms with Gasteiger partial charge in [0.25, 0.3) is 0 Å². The SMILES string of the molecule is COc1ccc(CC(=O)N2CCCC(C)C2C(=O)O)cc1. The molecule has 2 atom stereocenters. The van der Waals surface area contributed by atoms with E-state index in [9.17, 15) is 14.7 Å². The number of carboxylic acid groups (broad SMARTS) is 1. The summed E-state index contributed by atoms with van der Waals surface area (Å²) in [6, 6.07) is 6.57. The predicted molar refractivity (Wildman–Crippen MR) is 78.2 cm³/mol. The Bertz CT molecular complexity index is 512. The molecule has 21 heavy (non-hydrogen) atoms. The molecular formula is C16H21NO4. The molecule has 0 aliphatic carbocycles. The lowest BCUT2D eigenvalue weighted by Gasteiger charge is -2.37. The van der Waals surface area contributed by atoms with Gasteiger partial charge in [-0.15, -0.1) is 0 Å². The fourth-order valence-electron chi connectivity index (χ4n) is 2.86. The summed E-state index contributed by atoms with van der Waals surface area (Å²) < 4.78 is 5.08. The number of ether oxygens (including phenoxy) is 1. The molecule has 1 aromatic carbocycles. The van der Waals surface area contributed by atoms with Crippen LogP contribution < -0.4 is 4.74 Å². The number of piperidine rings is 1. The Kier molecular flexibility index (Phi) is 4.83. The van der Waals surface area contributed by atoms with Crippen molar-refractivity contribution in [3.05, 3.63) is 29.8 Å². The van der Waals surface area contributed by atoms with Gasteiger partial charge >= 0.3 is 5.97 Å². The van der Waals surface area contributed by atoms with E-state index in [0.29, 0.717) is 6.54 Å². The quantitative estimate of drug-likeness (QED) is 0.920. The smallest absolute Gasteiger partial charge is 0.326 e. The zero-order chi connectivity index (χ0) is 15.4. The van der Waals surface area contributed by atoms with Gasteiger partial charge < -0.3 is 14.7 Å². The van der Waals surface area contributed by atoms with Crippen molar-refractivity contribution in [2.24, 2.45) is 5.92 Å². The van der Waals surface area contributed by atoms with Crippen LogP contribution >= 0.6 is 0 Å². The third-order valence-corrected chi connectivity index (χ3v) is 4.02. The fraction of sp³-hybridized carbons (Fsp3) is 0.500. The number of rotatable bonds is 4. The number of nitrogens with zero attached hydrogens (tertiary/aromatic N) is 1. The normalized spacial score (nSPS) is 21.9. The Morgan fingerprint density at radius 2 is 2.00 bits per heavy atom. The molecule has 1 N–H and O–H groups in total. The van der Waals surface area contributed by atoms with Crippen LogP contribution in [-0.2, 0) is 16.0 Å². The number of carboxylic acids is 1. The molecule has 1 aromatic rings. The minimum atomic E-state index is -0.912. The molecule has 2 rings (SSSR count). The second-order valence-electron chi connectivity index (χ2n) is 5.51. The maximum Gasteiger partial charge on any atom is 0.326 e. The van der Waals surface area contributed by atoms with Crippen molar-refractivity contribution in [3.8, 4) is 5.75 Å². The van der Waals surface area contributed by atoms with Gasteiger partial charge in [0.2, 0.25) is 5.91 Å². The molecule has 0 spiro atoms. The maximum atomic E-state index is 12.4. The molecule has 1 aliphatic heterocycles. The number of benzene rings is 1. The van der Waals surface area contributed by atoms with Gasteiger partial charge in [-0.25, -0.2) is 4.79 Å². The molecule has 0 saturated carbocycles. The maximum absolute atomic E-state index is 12.4. The molecule has 0 bridgehead atoms. The molecule has 0 radical (unpaired) electrons. The van der Waals surface area contributed by atoms with Crippen molar-refractivity contribution in [3.63, 3.8) is 0 Å². The van der Waals surface area contributed by atoms with Crippen LogP contribution in [-0.4, -0.2) is 41.6 Å². The van der Waals surface area contributed by atoms with E-state index in [0.717, 1.165) is 24.2 Å². The van der Waals surface area contributed by atoms with Crippen LogP contribution in [0.2, 0.25) is 0 Å². The first kappa shape index (κ1) is 15.4. The summed E-state index contributed by atoms with van der Waals surface area (Å²) in [5, 5.41) is 9.35. The van der Waals surface area contributed by atoms with Crippen molar-refractivity contribution in [2.75, 3.05) is 13.7 Å². The zero-order valence-corrected chi connectivity index (χ0v) is 12.4. The standard InChI is InChI=1S/C16H21NO4/c1-11-4-3-9-17(15(11)16(19)20)14(18)10-12-5-7-13(21-2)8-6-12/h5-8,11,15H,3-4,9-10H2,1-2H3,(H,19,20). The fourth-order valence-corrected chi connectivity index (χ4v) is 2.86. The zero-order valence-electron chi connectivity index (χ0n) is 12.4. The summed E-state index contributed by atoms with van der Waals surface area (Å²) in [5.41, 5.74) is 0.864. The van der Waals surface area contributed by atoms with Crippen molar-refractivity contribution >= 4 is 11.9 Å². The van der Waals surface area contributed by atoms with Gasteiger partial charge in [-0.2, -0.15) is 0 Å².